The Morgan fingerprint density at radius 2 is 1.92 bits per heavy atom. The van der Waals surface area contributed by atoms with E-state index < -0.39 is 5.97 Å². The SMILES string of the molecule is C[C@H](NC(=O)COC(=O)/C=C/c1ccc2c(c1)OCO2)c1ccccc1. The molecule has 2 aromatic carbocycles. The Labute approximate surface area is 151 Å². The molecule has 1 atom stereocenters. The number of hydrogen-bond acceptors (Lipinski definition) is 5. The van der Waals surface area contributed by atoms with Gasteiger partial charge in [-0.3, -0.25) is 4.79 Å². The first-order chi connectivity index (χ1) is 12.6. The molecule has 2 aromatic rings. The van der Waals surface area contributed by atoms with Crippen molar-refractivity contribution in [1.29, 1.82) is 0 Å². The number of amides is 1. The largest absolute Gasteiger partial charge is 0.454 e. The number of ether oxygens (including phenoxy) is 3. The lowest BCUT2D eigenvalue weighted by Gasteiger charge is -2.13. The molecule has 3 rings (SSSR count). The van der Waals surface area contributed by atoms with Crippen LogP contribution in [0.3, 0.4) is 0 Å². The Morgan fingerprint density at radius 3 is 2.73 bits per heavy atom. The van der Waals surface area contributed by atoms with Gasteiger partial charge in [0.05, 0.1) is 6.04 Å². The second-order valence-electron chi connectivity index (χ2n) is 5.75. The number of carbonyl (C=O) groups excluding carboxylic acids is 2. The minimum Gasteiger partial charge on any atom is -0.454 e. The topological polar surface area (TPSA) is 73.9 Å². The van der Waals surface area contributed by atoms with Crippen LogP contribution < -0.4 is 14.8 Å². The van der Waals surface area contributed by atoms with Crippen LogP contribution in [0.1, 0.15) is 24.1 Å². The highest BCUT2D eigenvalue weighted by molar-refractivity contribution is 5.89. The van der Waals surface area contributed by atoms with E-state index >= 15 is 0 Å². The normalized spacial score (nSPS) is 13.4. The molecule has 0 spiro atoms. The zero-order chi connectivity index (χ0) is 18.4. The number of rotatable bonds is 6. The molecule has 1 N–H and O–H groups in total. The molecule has 6 heteroatoms. The predicted molar refractivity (Wildman–Crippen MR) is 95.6 cm³/mol. The number of fused-ring (bicyclic) bond motifs is 1. The third-order valence-corrected chi connectivity index (χ3v) is 3.83. The highest BCUT2D eigenvalue weighted by atomic mass is 16.7. The summed E-state index contributed by atoms with van der Waals surface area (Å²) >= 11 is 0. The van der Waals surface area contributed by atoms with Crippen LogP contribution in [0.15, 0.2) is 54.6 Å². The van der Waals surface area contributed by atoms with Crippen LogP contribution in [-0.4, -0.2) is 25.3 Å². The van der Waals surface area contributed by atoms with Gasteiger partial charge in [0.2, 0.25) is 6.79 Å². The molecule has 0 radical (unpaired) electrons. The fraction of sp³-hybridized carbons (Fsp3) is 0.200. The van der Waals surface area contributed by atoms with Crippen molar-refractivity contribution in [2.45, 2.75) is 13.0 Å². The molecular formula is C20H19NO5. The first-order valence-electron chi connectivity index (χ1n) is 8.20. The van der Waals surface area contributed by atoms with E-state index in [-0.39, 0.29) is 25.3 Å². The fourth-order valence-electron chi connectivity index (χ4n) is 2.47. The minimum absolute atomic E-state index is 0.161. The molecular weight excluding hydrogens is 334 g/mol. The summed E-state index contributed by atoms with van der Waals surface area (Å²) in [4.78, 5) is 23.7. The third-order valence-electron chi connectivity index (χ3n) is 3.83. The van der Waals surface area contributed by atoms with Gasteiger partial charge < -0.3 is 19.5 Å². The summed E-state index contributed by atoms with van der Waals surface area (Å²) in [5.74, 6) is 0.361. The fourth-order valence-corrected chi connectivity index (χ4v) is 2.47. The van der Waals surface area contributed by atoms with Crippen molar-refractivity contribution in [3.8, 4) is 11.5 Å². The summed E-state index contributed by atoms with van der Waals surface area (Å²) < 4.78 is 15.5. The van der Waals surface area contributed by atoms with Crippen molar-refractivity contribution in [1.82, 2.24) is 5.32 Å². The number of carbonyl (C=O) groups is 2. The molecule has 0 saturated carbocycles. The summed E-state index contributed by atoms with van der Waals surface area (Å²) in [7, 11) is 0. The number of hydrogen-bond donors (Lipinski definition) is 1. The molecule has 26 heavy (non-hydrogen) atoms. The van der Waals surface area contributed by atoms with Gasteiger partial charge in [-0.2, -0.15) is 0 Å². The maximum absolute atomic E-state index is 11.9. The van der Waals surface area contributed by atoms with Crippen LogP contribution in [-0.2, 0) is 14.3 Å². The number of nitrogens with one attached hydrogen (secondary N) is 1. The Bertz CT molecular complexity index is 816. The predicted octanol–water partition coefficient (Wildman–Crippen LogP) is 2.85. The Hall–Kier alpha value is -3.28. The first-order valence-corrected chi connectivity index (χ1v) is 8.20. The lowest BCUT2D eigenvalue weighted by Crippen LogP contribution is -2.30. The Balaban J connectivity index is 1.45. The number of esters is 1. The quantitative estimate of drug-likeness (QED) is 0.638. The van der Waals surface area contributed by atoms with Crippen LogP contribution in [0.5, 0.6) is 11.5 Å². The van der Waals surface area contributed by atoms with Gasteiger partial charge in [-0.25, -0.2) is 4.79 Å². The Morgan fingerprint density at radius 1 is 1.15 bits per heavy atom. The highest BCUT2D eigenvalue weighted by Gasteiger charge is 2.13. The second-order valence-corrected chi connectivity index (χ2v) is 5.75. The van der Waals surface area contributed by atoms with Gasteiger partial charge in [0.15, 0.2) is 18.1 Å². The molecule has 0 aliphatic carbocycles. The highest BCUT2D eigenvalue weighted by Crippen LogP contribution is 2.32. The van der Waals surface area contributed by atoms with Gasteiger partial charge in [0.1, 0.15) is 0 Å². The average molecular weight is 353 g/mol. The lowest BCUT2D eigenvalue weighted by atomic mass is 10.1. The summed E-state index contributed by atoms with van der Waals surface area (Å²) in [5, 5.41) is 2.78. The van der Waals surface area contributed by atoms with E-state index in [0.717, 1.165) is 11.1 Å². The molecule has 1 aliphatic rings. The van der Waals surface area contributed by atoms with E-state index in [0.29, 0.717) is 11.5 Å². The zero-order valence-electron chi connectivity index (χ0n) is 14.3. The number of benzene rings is 2. The summed E-state index contributed by atoms with van der Waals surface area (Å²) in [6.45, 7) is 1.73. The molecule has 1 heterocycles. The molecule has 0 aromatic heterocycles. The van der Waals surface area contributed by atoms with E-state index in [1.807, 2.05) is 37.3 Å². The molecule has 0 fully saturated rings. The van der Waals surface area contributed by atoms with E-state index in [1.165, 1.54) is 6.08 Å². The van der Waals surface area contributed by atoms with E-state index in [1.54, 1.807) is 24.3 Å². The maximum atomic E-state index is 11.9. The van der Waals surface area contributed by atoms with Crippen molar-refractivity contribution in [2.75, 3.05) is 13.4 Å². The lowest BCUT2D eigenvalue weighted by molar-refractivity contribution is -0.144. The van der Waals surface area contributed by atoms with Gasteiger partial charge in [-0.05, 0) is 36.3 Å². The van der Waals surface area contributed by atoms with Crippen LogP contribution in [0.25, 0.3) is 6.08 Å². The molecule has 134 valence electrons. The van der Waals surface area contributed by atoms with Gasteiger partial charge in [0, 0.05) is 6.08 Å². The maximum Gasteiger partial charge on any atom is 0.331 e. The Kier molecular flexibility index (Phi) is 5.53. The van der Waals surface area contributed by atoms with Gasteiger partial charge >= 0.3 is 5.97 Å². The summed E-state index contributed by atoms with van der Waals surface area (Å²) in [6, 6.07) is 14.7. The molecule has 0 unspecified atom stereocenters. The molecule has 0 saturated heterocycles. The average Bonchev–Trinajstić information content (AvgIpc) is 3.13. The third kappa shape index (κ3) is 4.63. The first kappa shape index (κ1) is 17.5. The minimum atomic E-state index is -0.592. The summed E-state index contributed by atoms with van der Waals surface area (Å²) in [5.41, 5.74) is 1.75. The van der Waals surface area contributed by atoms with Crippen LogP contribution in [0.4, 0.5) is 0 Å². The van der Waals surface area contributed by atoms with Crippen molar-refractivity contribution in [2.24, 2.45) is 0 Å². The molecule has 1 amide bonds. The van der Waals surface area contributed by atoms with E-state index in [9.17, 15) is 9.59 Å². The van der Waals surface area contributed by atoms with Gasteiger partial charge in [0.25, 0.3) is 5.91 Å². The second kappa shape index (κ2) is 8.20. The standard InChI is InChI=1S/C20H19NO5/c1-14(16-5-3-2-4-6-16)21-19(22)12-24-20(23)10-8-15-7-9-17-18(11-15)26-13-25-17/h2-11,14H,12-13H2,1H3,(H,21,22)/b10-8+/t14-/m0/s1. The molecule has 6 nitrogen and oxygen atoms in total. The van der Waals surface area contributed by atoms with Crippen molar-refractivity contribution < 1.29 is 23.8 Å². The van der Waals surface area contributed by atoms with Crippen LogP contribution in [0.2, 0.25) is 0 Å². The van der Waals surface area contributed by atoms with E-state index in [2.05, 4.69) is 5.32 Å². The van der Waals surface area contributed by atoms with Gasteiger partial charge in [-0.15, -0.1) is 0 Å². The zero-order valence-corrected chi connectivity index (χ0v) is 14.3. The van der Waals surface area contributed by atoms with Crippen LogP contribution in [0, 0.1) is 0 Å². The van der Waals surface area contributed by atoms with Crippen molar-refractivity contribution in [3.63, 3.8) is 0 Å². The molecule has 0 bridgehead atoms. The van der Waals surface area contributed by atoms with Crippen molar-refractivity contribution >= 4 is 18.0 Å². The monoisotopic (exact) mass is 353 g/mol. The van der Waals surface area contributed by atoms with Crippen LogP contribution >= 0.6 is 0 Å². The van der Waals surface area contributed by atoms with Crippen molar-refractivity contribution in [3.05, 3.63) is 65.7 Å². The smallest absolute Gasteiger partial charge is 0.331 e. The molecule has 1 aliphatic heterocycles. The summed E-state index contributed by atoms with van der Waals surface area (Å²) in [6.07, 6.45) is 2.86. The van der Waals surface area contributed by atoms with E-state index in [4.69, 9.17) is 14.2 Å². The van der Waals surface area contributed by atoms with Gasteiger partial charge in [-0.1, -0.05) is 36.4 Å².